The van der Waals surface area contributed by atoms with Crippen LogP contribution in [0.25, 0.3) is 0 Å². The Labute approximate surface area is 152 Å². The maximum Gasteiger partial charge on any atom is 0.194 e. The highest BCUT2D eigenvalue weighted by molar-refractivity contribution is 5.80. The average Bonchev–Trinajstić information content (AvgIpc) is 2.62. The van der Waals surface area contributed by atoms with E-state index in [1.54, 1.807) is 0 Å². The highest BCUT2D eigenvalue weighted by Crippen LogP contribution is 2.18. The second-order valence-corrected chi connectivity index (χ2v) is 6.53. The molecule has 1 heterocycles. The van der Waals surface area contributed by atoms with Crippen molar-refractivity contribution in [2.24, 2.45) is 4.99 Å². The van der Waals surface area contributed by atoms with E-state index in [0.717, 1.165) is 56.4 Å². The number of aliphatic imine (C=N–C) groups is 1. The van der Waals surface area contributed by atoms with Crippen LogP contribution in [0.15, 0.2) is 29.3 Å². The molecule has 1 saturated heterocycles. The van der Waals surface area contributed by atoms with Crippen molar-refractivity contribution in [1.82, 2.24) is 10.2 Å². The van der Waals surface area contributed by atoms with Gasteiger partial charge in [0.05, 0.1) is 12.6 Å². The molecule has 0 radical (unpaired) electrons. The van der Waals surface area contributed by atoms with Crippen LogP contribution >= 0.6 is 0 Å². The van der Waals surface area contributed by atoms with Crippen molar-refractivity contribution in [2.45, 2.75) is 52.7 Å². The van der Waals surface area contributed by atoms with Crippen LogP contribution in [0.3, 0.4) is 0 Å². The largest absolute Gasteiger partial charge is 0.489 e. The molecular weight excluding hydrogens is 314 g/mol. The Balaban J connectivity index is 1.89. The molecule has 0 aliphatic carbocycles. The molecule has 1 fully saturated rings. The molecule has 0 amide bonds. The van der Waals surface area contributed by atoms with Crippen molar-refractivity contribution >= 4 is 5.96 Å². The van der Waals surface area contributed by atoms with E-state index in [0.29, 0.717) is 12.6 Å². The van der Waals surface area contributed by atoms with Gasteiger partial charge in [0, 0.05) is 26.2 Å². The lowest BCUT2D eigenvalue weighted by Gasteiger charge is -2.34. The molecule has 0 spiro atoms. The maximum atomic E-state index is 6.04. The van der Waals surface area contributed by atoms with E-state index in [-0.39, 0.29) is 6.10 Å². The van der Waals surface area contributed by atoms with Crippen LogP contribution in [0.1, 0.15) is 39.2 Å². The molecule has 1 unspecified atom stereocenters. The standard InChI is InChI=1S/C20H33N3O2/c1-5-21-20(23-13-11-18(12-14-23)24-6-2)22-15-17(4)25-19-10-8-7-9-16(19)3/h7-10,17-18H,5-6,11-15H2,1-4H3,(H,21,22). The van der Waals surface area contributed by atoms with Gasteiger partial charge in [-0.3, -0.25) is 0 Å². The normalized spacial score (nSPS) is 17.4. The van der Waals surface area contributed by atoms with E-state index in [1.807, 2.05) is 18.2 Å². The first-order valence-electron chi connectivity index (χ1n) is 9.51. The number of para-hydroxylation sites is 1. The summed E-state index contributed by atoms with van der Waals surface area (Å²) in [6.45, 7) is 12.6. The smallest absolute Gasteiger partial charge is 0.194 e. The average molecular weight is 348 g/mol. The van der Waals surface area contributed by atoms with Crippen LogP contribution in [-0.4, -0.2) is 55.9 Å². The van der Waals surface area contributed by atoms with Gasteiger partial charge in [-0.25, -0.2) is 4.99 Å². The molecule has 1 aliphatic heterocycles. The Morgan fingerprint density at radius 2 is 2.00 bits per heavy atom. The monoisotopic (exact) mass is 347 g/mol. The molecule has 1 aliphatic rings. The Kier molecular flexibility index (Phi) is 8.06. The lowest BCUT2D eigenvalue weighted by molar-refractivity contribution is 0.0263. The first kappa shape index (κ1) is 19.6. The van der Waals surface area contributed by atoms with Gasteiger partial charge in [-0.05, 0) is 52.2 Å². The third kappa shape index (κ3) is 6.24. The summed E-state index contributed by atoms with van der Waals surface area (Å²) in [5.41, 5.74) is 1.16. The molecule has 0 aromatic heterocycles. The SMILES string of the molecule is CCNC(=NCC(C)Oc1ccccc1C)N1CCC(OCC)CC1. The molecule has 1 aromatic rings. The fourth-order valence-electron chi connectivity index (χ4n) is 3.05. The molecule has 5 nitrogen and oxygen atoms in total. The van der Waals surface area contributed by atoms with Gasteiger partial charge in [-0.1, -0.05) is 18.2 Å². The third-order valence-electron chi connectivity index (χ3n) is 4.40. The van der Waals surface area contributed by atoms with E-state index in [4.69, 9.17) is 14.5 Å². The summed E-state index contributed by atoms with van der Waals surface area (Å²) < 4.78 is 11.8. The highest BCUT2D eigenvalue weighted by atomic mass is 16.5. The topological polar surface area (TPSA) is 46.1 Å². The molecule has 2 rings (SSSR count). The van der Waals surface area contributed by atoms with Crippen LogP contribution in [0.4, 0.5) is 0 Å². The van der Waals surface area contributed by atoms with E-state index in [9.17, 15) is 0 Å². The number of hydrogen-bond acceptors (Lipinski definition) is 3. The van der Waals surface area contributed by atoms with Crippen molar-refractivity contribution in [1.29, 1.82) is 0 Å². The number of aryl methyl sites for hydroxylation is 1. The van der Waals surface area contributed by atoms with E-state index < -0.39 is 0 Å². The number of hydrogen-bond donors (Lipinski definition) is 1. The number of likely N-dealkylation sites (tertiary alicyclic amines) is 1. The first-order valence-corrected chi connectivity index (χ1v) is 9.51. The number of guanidine groups is 1. The number of rotatable bonds is 7. The lowest BCUT2D eigenvalue weighted by Crippen LogP contribution is -2.47. The summed E-state index contributed by atoms with van der Waals surface area (Å²) >= 11 is 0. The van der Waals surface area contributed by atoms with E-state index in [1.165, 1.54) is 0 Å². The number of nitrogens with zero attached hydrogens (tertiary/aromatic N) is 2. The summed E-state index contributed by atoms with van der Waals surface area (Å²) in [5.74, 6) is 1.92. The van der Waals surface area contributed by atoms with Crippen molar-refractivity contribution in [2.75, 3.05) is 32.8 Å². The number of nitrogens with one attached hydrogen (secondary N) is 1. The van der Waals surface area contributed by atoms with Gasteiger partial charge in [0.2, 0.25) is 0 Å². The minimum absolute atomic E-state index is 0.0377. The van der Waals surface area contributed by atoms with Gasteiger partial charge >= 0.3 is 0 Å². The summed E-state index contributed by atoms with van der Waals surface area (Å²) in [4.78, 5) is 7.13. The minimum atomic E-state index is 0.0377. The molecule has 1 atom stereocenters. The quantitative estimate of drug-likeness (QED) is 0.608. The molecule has 25 heavy (non-hydrogen) atoms. The summed E-state index contributed by atoms with van der Waals surface area (Å²) in [6, 6.07) is 8.11. The van der Waals surface area contributed by atoms with Crippen molar-refractivity contribution in [3.63, 3.8) is 0 Å². The third-order valence-corrected chi connectivity index (χ3v) is 4.40. The zero-order valence-corrected chi connectivity index (χ0v) is 16.1. The second kappa shape index (κ2) is 10.3. The van der Waals surface area contributed by atoms with Gasteiger partial charge in [0.25, 0.3) is 0 Å². The van der Waals surface area contributed by atoms with Crippen molar-refractivity contribution in [3.05, 3.63) is 29.8 Å². The van der Waals surface area contributed by atoms with Crippen molar-refractivity contribution in [3.8, 4) is 5.75 Å². The summed E-state index contributed by atoms with van der Waals surface area (Å²) in [7, 11) is 0. The molecular formula is C20H33N3O2. The Hall–Kier alpha value is -1.75. The van der Waals surface area contributed by atoms with Crippen LogP contribution in [0, 0.1) is 6.92 Å². The van der Waals surface area contributed by atoms with Gasteiger partial charge in [-0.15, -0.1) is 0 Å². The highest BCUT2D eigenvalue weighted by Gasteiger charge is 2.21. The van der Waals surface area contributed by atoms with Gasteiger partial charge in [-0.2, -0.15) is 0 Å². The molecule has 5 heteroatoms. The van der Waals surface area contributed by atoms with Gasteiger partial charge in [0.15, 0.2) is 5.96 Å². The zero-order chi connectivity index (χ0) is 18.1. The Morgan fingerprint density at radius 1 is 1.28 bits per heavy atom. The van der Waals surface area contributed by atoms with E-state index in [2.05, 4.69) is 44.0 Å². The molecule has 0 saturated carbocycles. The van der Waals surface area contributed by atoms with Crippen molar-refractivity contribution < 1.29 is 9.47 Å². The molecule has 0 bridgehead atoms. The number of benzene rings is 1. The zero-order valence-electron chi connectivity index (χ0n) is 16.1. The summed E-state index contributed by atoms with van der Waals surface area (Å²) in [5, 5.41) is 3.41. The second-order valence-electron chi connectivity index (χ2n) is 6.53. The van der Waals surface area contributed by atoms with E-state index >= 15 is 0 Å². The number of ether oxygens (including phenoxy) is 2. The van der Waals surface area contributed by atoms with Gasteiger partial charge < -0.3 is 19.7 Å². The fourth-order valence-corrected chi connectivity index (χ4v) is 3.05. The Morgan fingerprint density at radius 3 is 2.64 bits per heavy atom. The molecule has 140 valence electrons. The number of piperidine rings is 1. The predicted octanol–water partition coefficient (Wildman–Crippen LogP) is 3.23. The first-order chi connectivity index (χ1) is 12.1. The van der Waals surface area contributed by atoms with Gasteiger partial charge in [0.1, 0.15) is 11.9 Å². The predicted molar refractivity (Wildman–Crippen MR) is 103 cm³/mol. The van der Waals surface area contributed by atoms with Crippen LogP contribution < -0.4 is 10.1 Å². The van der Waals surface area contributed by atoms with Crippen LogP contribution in [-0.2, 0) is 4.74 Å². The summed E-state index contributed by atoms with van der Waals surface area (Å²) in [6.07, 6.45) is 2.56. The van der Waals surface area contributed by atoms with Crippen LogP contribution in [0.2, 0.25) is 0 Å². The minimum Gasteiger partial charge on any atom is -0.489 e. The Bertz CT molecular complexity index is 539. The molecule has 1 aromatic carbocycles. The van der Waals surface area contributed by atoms with Crippen LogP contribution in [0.5, 0.6) is 5.75 Å². The fraction of sp³-hybridized carbons (Fsp3) is 0.650. The lowest BCUT2D eigenvalue weighted by atomic mass is 10.1. The maximum absolute atomic E-state index is 6.04. The molecule has 1 N–H and O–H groups in total.